The Bertz CT molecular complexity index is 613. The lowest BCUT2D eigenvalue weighted by atomic mass is 9.82. The molecule has 3 nitrogen and oxygen atoms in total. The molecule has 0 aliphatic heterocycles. The Kier molecular flexibility index (Phi) is 11.4. The largest absolute Gasteiger partial charge is 0.507 e. The van der Waals surface area contributed by atoms with Crippen LogP contribution in [-0.4, -0.2) is 16.2 Å². The van der Waals surface area contributed by atoms with E-state index in [2.05, 4.69) is 27.7 Å². The van der Waals surface area contributed by atoms with Crippen molar-refractivity contribution in [2.45, 2.75) is 117 Å². The number of hydrogen-bond acceptors (Lipinski definition) is 2. The van der Waals surface area contributed by atoms with Crippen molar-refractivity contribution in [2.75, 3.05) is 0 Å². The molecule has 0 fully saturated rings. The van der Waals surface area contributed by atoms with Crippen molar-refractivity contribution in [1.29, 1.82) is 0 Å². The van der Waals surface area contributed by atoms with Crippen LogP contribution in [-0.2, 0) is 23.1 Å². The number of carboxylic acid groups (broad SMARTS) is 1. The molecule has 0 heterocycles. The molecule has 0 saturated carbocycles. The van der Waals surface area contributed by atoms with Crippen molar-refractivity contribution in [3.05, 3.63) is 28.8 Å². The fourth-order valence-corrected chi connectivity index (χ4v) is 4.02. The zero-order valence-corrected chi connectivity index (χ0v) is 19.5. The molecule has 2 N–H and O–H groups in total. The van der Waals surface area contributed by atoms with Gasteiger partial charge in [-0.1, -0.05) is 105 Å². The summed E-state index contributed by atoms with van der Waals surface area (Å²) in [7, 11) is 0. The predicted octanol–water partition coefficient (Wildman–Crippen LogP) is 7.42. The summed E-state index contributed by atoms with van der Waals surface area (Å²) in [5.74, 6) is -0.677. The van der Waals surface area contributed by atoms with E-state index in [1.807, 2.05) is 19.1 Å². The van der Waals surface area contributed by atoms with Crippen LogP contribution in [0.25, 0.3) is 0 Å². The van der Waals surface area contributed by atoms with Crippen LogP contribution >= 0.6 is 0 Å². The van der Waals surface area contributed by atoms with Crippen molar-refractivity contribution >= 4 is 5.97 Å². The first-order valence-electron chi connectivity index (χ1n) is 11.8. The number of aliphatic carboxylic acids is 1. The van der Waals surface area contributed by atoms with E-state index in [0.29, 0.717) is 12.2 Å². The Hall–Kier alpha value is -1.51. The maximum absolute atomic E-state index is 11.8. The first kappa shape index (κ1) is 25.5. The summed E-state index contributed by atoms with van der Waals surface area (Å²) in [5.41, 5.74) is 2.70. The van der Waals surface area contributed by atoms with Crippen LogP contribution < -0.4 is 0 Å². The van der Waals surface area contributed by atoms with Crippen molar-refractivity contribution in [3.63, 3.8) is 0 Å². The molecule has 0 bridgehead atoms. The number of benzene rings is 1. The monoisotopic (exact) mass is 404 g/mol. The van der Waals surface area contributed by atoms with Gasteiger partial charge >= 0.3 is 5.97 Å². The molecule has 1 aromatic carbocycles. The third-order valence-electron chi connectivity index (χ3n) is 5.93. The highest BCUT2D eigenvalue weighted by atomic mass is 16.4. The van der Waals surface area contributed by atoms with E-state index in [9.17, 15) is 15.0 Å². The number of aromatic hydroxyl groups is 1. The Balaban J connectivity index is 2.60. The van der Waals surface area contributed by atoms with Crippen molar-refractivity contribution in [2.24, 2.45) is 5.92 Å². The van der Waals surface area contributed by atoms with Gasteiger partial charge in [0, 0.05) is 0 Å². The maximum atomic E-state index is 11.8. The first-order valence-corrected chi connectivity index (χ1v) is 11.8. The minimum atomic E-state index is -0.701. The Morgan fingerprint density at radius 3 is 1.97 bits per heavy atom. The molecule has 1 aromatic rings. The lowest BCUT2D eigenvalue weighted by Crippen LogP contribution is -2.18. The minimum absolute atomic E-state index is 0.167. The predicted molar refractivity (Wildman–Crippen MR) is 123 cm³/mol. The minimum Gasteiger partial charge on any atom is -0.507 e. The molecule has 29 heavy (non-hydrogen) atoms. The first-order chi connectivity index (χ1) is 13.7. The number of phenols is 1. The Morgan fingerprint density at radius 2 is 1.48 bits per heavy atom. The quantitative estimate of drug-likeness (QED) is 0.317. The van der Waals surface area contributed by atoms with Gasteiger partial charge in [0.1, 0.15) is 5.75 Å². The molecular formula is C26H44O3. The summed E-state index contributed by atoms with van der Waals surface area (Å²) in [4.78, 5) is 11.8. The van der Waals surface area contributed by atoms with Gasteiger partial charge in [0.25, 0.3) is 0 Å². The van der Waals surface area contributed by atoms with Gasteiger partial charge in [-0.3, -0.25) is 4.79 Å². The lowest BCUT2D eigenvalue weighted by Gasteiger charge is -2.24. The second-order valence-corrected chi connectivity index (χ2v) is 9.61. The summed E-state index contributed by atoms with van der Waals surface area (Å²) >= 11 is 0. The molecule has 0 aliphatic rings. The summed E-state index contributed by atoms with van der Waals surface area (Å²) < 4.78 is 0. The molecule has 0 aromatic heterocycles. The van der Waals surface area contributed by atoms with Gasteiger partial charge in [0.15, 0.2) is 0 Å². The summed E-state index contributed by atoms with van der Waals surface area (Å²) in [6.45, 7) is 10.5. The third kappa shape index (κ3) is 9.23. The third-order valence-corrected chi connectivity index (χ3v) is 5.93. The van der Waals surface area contributed by atoms with Crippen LogP contribution in [0.4, 0.5) is 0 Å². The van der Waals surface area contributed by atoms with Crippen LogP contribution in [0.1, 0.15) is 116 Å². The molecule has 1 rings (SSSR count). The number of rotatable bonds is 14. The van der Waals surface area contributed by atoms with Crippen LogP contribution in [0.15, 0.2) is 12.1 Å². The zero-order chi connectivity index (χ0) is 21.9. The fraction of sp³-hybridized carbons (Fsp3) is 0.731. The number of unbranched alkanes of at least 4 members (excludes halogenated alkanes) is 8. The molecule has 3 heteroatoms. The van der Waals surface area contributed by atoms with E-state index in [1.165, 1.54) is 44.9 Å². The van der Waals surface area contributed by atoms with E-state index < -0.39 is 5.97 Å². The number of carbonyl (C=O) groups is 1. The SMILES string of the molecule is CCCCCCCCCCCC(Cc1cc(CC)c(O)c(C(C)(C)C)c1)C(=O)O. The lowest BCUT2D eigenvalue weighted by molar-refractivity contribution is -0.142. The zero-order valence-electron chi connectivity index (χ0n) is 19.5. The molecule has 0 spiro atoms. The fourth-order valence-electron chi connectivity index (χ4n) is 4.02. The highest BCUT2D eigenvalue weighted by Crippen LogP contribution is 2.35. The van der Waals surface area contributed by atoms with Crippen molar-refractivity contribution < 1.29 is 15.0 Å². The summed E-state index contributed by atoms with van der Waals surface area (Å²) in [5, 5.41) is 20.3. The molecule has 166 valence electrons. The van der Waals surface area contributed by atoms with E-state index in [0.717, 1.165) is 42.4 Å². The highest BCUT2D eigenvalue weighted by molar-refractivity contribution is 5.70. The van der Waals surface area contributed by atoms with Gasteiger partial charge in [-0.15, -0.1) is 0 Å². The van der Waals surface area contributed by atoms with Gasteiger partial charge in [0.2, 0.25) is 0 Å². The standard InChI is InChI=1S/C26H44O3/c1-6-8-9-10-11-12-13-14-15-16-22(25(28)29)18-20-17-21(7-2)24(27)23(19-20)26(3,4)5/h17,19,22,27H,6-16,18H2,1-5H3,(H,28,29). The average molecular weight is 405 g/mol. The molecule has 1 atom stereocenters. The molecule has 0 saturated heterocycles. The highest BCUT2D eigenvalue weighted by Gasteiger charge is 2.23. The van der Waals surface area contributed by atoms with Gasteiger partial charge in [-0.05, 0) is 41.4 Å². The van der Waals surface area contributed by atoms with Gasteiger partial charge < -0.3 is 10.2 Å². The number of phenolic OH excluding ortho intramolecular Hbond substituents is 1. The van der Waals surface area contributed by atoms with E-state index in [4.69, 9.17) is 0 Å². The number of hydrogen-bond donors (Lipinski definition) is 2. The van der Waals surface area contributed by atoms with Crippen molar-refractivity contribution in [3.8, 4) is 5.75 Å². The van der Waals surface area contributed by atoms with E-state index in [-0.39, 0.29) is 11.3 Å². The average Bonchev–Trinajstić information content (AvgIpc) is 2.65. The molecule has 1 unspecified atom stereocenters. The Morgan fingerprint density at radius 1 is 0.931 bits per heavy atom. The van der Waals surface area contributed by atoms with E-state index >= 15 is 0 Å². The van der Waals surface area contributed by atoms with Crippen LogP contribution in [0.5, 0.6) is 5.75 Å². The molecule has 0 radical (unpaired) electrons. The van der Waals surface area contributed by atoms with Crippen LogP contribution in [0, 0.1) is 5.92 Å². The summed E-state index contributed by atoms with van der Waals surface area (Å²) in [6.07, 6.45) is 13.2. The second-order valence-electron chi connectivity index (χ2n) is 9.61. The maximum Gasteiger partial charge on any atom is 0.306 e. The van der Waals surface area contributed by atoms with Gasteiger partial charge in [-0.25, -0.2) is 0 Å². The van der Waals surface area contributed by atoms with Crippen molar-refractivity contribution in [1.82, 2.24) is 0 Å². The summed E-state index contributed by atoms with van der Waals surface area (Å²) in [6, 6.07) is 4.01. The van der Waals surface area contributed by atoms with Crippen LogP contribution in [0.2, 0.25) is 0 Å². The topological polar surface area (TPSA) is 57.5 Å². The number of aryl methyl sites for hydroxylation is 1. The molecule has 0 aliphatic carbocycles. The number of carboxylic acids is 1. The Labute approximate surface area is 178 Å². The smallest absolute Gasteiger partial charge is 0.306 e. The normalized spacial score (nSPS) is 12.9. The van der Waals surface area contributed by atoms with Gasteiger partial charge in [-0.2, -0.15) is 0 Å². The molecule has 0 amide bonds. The van der Waals surface area contributed by atoms with E-state index in [1.54, 1.807) is 0 Å². The second kappa shape index (κ2) is 12.9. The van der Waals surface area contributed by atoms with Gasteiger partial charge in [0.05, 0.1) is 5.92 Å². The van der Waals surface area contributed by atoms with Crippen LogP contribution in [0.3, 0.4) is 0 Å². The molecular weight excluding hydrogens is 360 g/mol.